The Morgan fingerprint density at radius 2 is 2.31 bits per heavy atom. The summed E-state index contributed by atoms with van der Waals surface area (Å²) in [5, 5.41) is 15.2. The van der Waals surface area contributed by atoms with E-state index in [1.807, 2.05) is 19.4 Å². The van der Waals surface area contributed by atoms with E-state index in [-0.39, 0.29) is 0 Å². The van der Waals surface area contributed by atoms with E-state index in [9.17, 15) is 5.11 Å². The van der Waals surface area contributed by atoms with Crippen molar-refractivity contribution in [1.29, 1.82) is 0 Å². The smallest absolute Gasteiger partial charge is 0.0888 e. The second-order valence-electron chi connectivity index (χ2n) is 3.57. The SMILES string of the molecule is CNCCC(C)(O)c1csc(C)c1. The van der Waals surface area contributed by atoms with Gasteiger partial charge in [-0.1, -0.05) is 0 Å². The Hall–Kier alpha value is -0.380. The Balaban J connectivity index is 2.68. The molecule has 0 aromatic carbocycles. The van der Waals surface area contributed by atoms with Crippen molar-refractivity contribution < 1.29 is 5.11 Å². The van der Waals surface area contributed by atoms with Crippen LogP contribution in [0.4, 0.5) is 0 Å². The van der Waals surface area contributed by atoms with E-state index >= 15 is 0 Å². The van der Waals surface area contributed by atoms with Crippen LogP contribution in [0.15, 0.2) is 11.4 Å². The summed E-state index contributed by atoms with van der Waals surface area (Å²) in [5.74, 6) is 0. The van der Waals surface area contributed by atoms with Crippen molar-refractivity contribution in [3.05, 3.63) is 21.9 Å². The molecule has 0 saturated heterocycles. The van der Waals surface area contributed by atoms with Gasteiger partial charge in [0.2, 0.25) is 0 Å². The van der Waals surface area contributed by atoms with Crippen LogP contribution >= 0.6 is 11.3 Å². The summed E-state index contributed by atoms with van der Waals surface area (Å²) >= 11 is 1.68. The van der Waals surface area contributed by atoms with Gasteiger partial charge in [-0.05, 0) is 50.9 Å². The molecule has 0 fully saturated rings. The summed E-state index contributed by atoms with van der Waals surface area (Å²) in [4.78, 5) is 1.25. The highest BCUT2D eigenvalue weighted by molar-refractivity contribution is 7.10. The van der Waals surface area contributed by atoms with E-state index in [0.717, 1.165) is 18.5 Å². The molecule has 0 amide bonds. The van der Waals surface area contributed by atoms with Crippen LogP contribution in [-0.4, -0.2) is 18.7 Å². The molecule has 0 aliphatic heterocycles. The van der Waals surface area contributed by atoms with Gasteiger partial charge in [0, 0.05) is 4.88 Å². The molecule has 0 saturated carbocycles. The summed E-state index contributed by atoms with van der Waals surface area (Å²) in [6.07, 6.45) is 0.750. The van der Waals surface area contributed by atoms with E-state index in [1.54, 1.807) is 11.3 Å². The fraction of sp³-hybridized carbons (Fsp3) is 0.600. The molecule has 0 bridgehead atoms. The van der Waals surface area contributed by atoms with Crippen LogP contribution in [0.2, 0.25) is 0 Å². The summed E-state index contributed by atoms with van der Waals surface area (Å²) in [6, 6.07) is 2.06. The van der Waals surface area contributed by atoms with Crippen LogP contribution in [0.25, 0.3) is 0 Å². The average molecular weight is 199 g/mol. The highest BCUT2D eigenvalue weighted by Crippen LogP contribution is 2.27. The fourth-order valence-corrected chi connectivity index (χ4v) is 2.07. The molecule has 2 nitrogen and oxygen atoms in total. The summed E-state index contributed by atoms with van der Waals surface area (Å²) in [7, 11) is 1.90. The first kappa shape index (κ1) is 10.7. The zero-order valence-corrected chi connectivity index (χ0v) is 9.24. The van der Waals surface area contributed by atoms with Crippen LogP contribution in [0.1, 0.15) is 23.8 Å². The largest absolute Gasteiger partial charge is 0.385 e. The maximum absolute atomic E-state index is 10.1. The van der Waals surface area contributed by atoms with E-state index in [0.29, 0.717) is 0 Å². The predicted molar refractivity (Wildman–Crippen MR) is 57.2 cm³/mol. The molecule has 2 N–H and O–H groups in total. The van der Waals surface area contributed by atoms with E-state index < -0.39 is 5.60 Å². The highest BCUT2D eigenvalue weighted by Gasteiger charge is 2.22. The molecular formula is C10H17NOS. The molecule has 0 spiro atoms. The molecule has 1 rings (SSSR count). The predicted octanol–water partition coefficient (Wildman–Crippen LogP) is 1.87. The standard InChI is InChI=1S/C10H17NOS/c1-8-6-9(7-13-8)10(2,12)4-5-11-3/h6-7,11-12H,4-5H2,1-3H3. The van der Waals surface area contributed by atoms with Crippen molar-refractivity contribution in [3.63, 3.8) is 0 Å². The molecule has 0 radical (unpaired) electrons. The molecule has 1 heterocycles. The van der Waals surface area contributed by atoms with Crippen LogP contribution < -0.4 is 5.32 Å². The van der Waals surface area contributed by atoms with Gasteiger partial charge >= 0.3 is 0 Å². The number of nitrogens with one attached hydrogen (secondary N) is 1. The van der Waals surface area contributed by atoms with Gasteiger partial charge in [0.05, 0.1) is 5.60 Å². The average Bonchev–Trinajstić information content (AvgIpc) is 2.49. The van der Waals surface area contributed by atoms with E-state index in [4.69, 9.17) is 0 Å². The van der Waals surface area contributed by atoms with Gasteiger partial charge in [-0.15, -0.1) is 11.3 Å². The van der Waals surface area contributed by atoms with Gasteiger partial charge in [0.25, 0.3) is 0 Å². The fourth-order valence-electron chi connectivity index (χ4n) is 1.24. The van der Waals surface area contributed by atoms with Crippen molar-refractivity contribution in [1.82, 2.24) is 5.32 Å². The minimum atomic E-state index is -0.687. The number of rotatable bonds is 4. The maximum atomic E-state index is 10.1. The topological polar surface area (TPSA) is 32.3 Å². The van der Waals surface area contributed by atoms with Gasteiger partial charge in [-0.3, -0.25) is 0 Å². The van der Waals surface area contributed by atoms with Gasteiger partial charge in [0.15, 0.2) is 0 Å². The number of aryl methyl sites for hydroxylation is 1. The summed E-state index contributed by atoms with van der Waals surface area (Å²) in [6.45, 7) is 4.76. The Labute approximate surface area is 83.6 Å². The number of hydrogen-bond acceptors (Lipinski definition) is 3. The van der Waals surface area contributed by atoms with Crippen molar-refractivity contribution >= 4 is 11.3 Å². The number of thiophene rings is 1. The zero-order valence-electron chi connectivity index (χ0n) is 8.42. The first-order valence-corrected chi connectivity index (χ1v) is 5.37. The van der Waals surface area contributed by atoms with Gasteiger partial charge in [-0.2, -0.15) is 0 Å². The first-order valence-electron chi connectivity index (χ1n) is 4.49. The highest BCUT2D eigenvalue weighted by atomic mass is 32.1. The van der Waals surface area contributed by atoms with E-state index in [2.05, 4.69) is 18.3 Å². The molecule has 1 aromatic rings. The van der Waals surface area contributed by atoms with Gasteiger partial charge in [0.1, 0.15) is 0 Å². The Kier molecular flexibility index (Phi) is 3.47. The molecule has 1 unspecified atom stereocenters. The molecule has 74 valence electrons. The monoisotopic (exact) mass is 199 g/mol. The summed E-state index contributed by atoms with van der Waals surface area (Å²) < 4.78 is 0. The Morgan fingerprint density at radius 1 is 1.62 bits per heavy atom. The zero-order chi connectivity index (χ0) is 9.90. The van der Waals surface area contributed by atoms with Crippen molar-refractivity contribution in [3.8, 4) is 0 Å². The molecule has 1 atom stereocenters. The second kappa shape index (κ2) is 4.22. The van der Waals surface area contributed by atoms with Crippen LogP contribution in [0.5, 0.6) is 0 Å². The normalized spacial score (nSPS) is 15.7. The minimum absolute atomic E-state index is 0.687. The lowest BCUT2D eigenvalue weighted by Gasteiger charge is -2.21. The van der Waals surface area contributed by atoms with Crippen molar-refractivity contribution in [2.45, 2.75) is 25.9 Å². The minimum Gasteiger partial charge on any atom is -0.385 e. The molecule has 3 heteroatoms. The van der Waals surface area contributed by atoms with Crippen LogP contribution in [0.3, 0.4) is 0 Å². The maximum Gasteiger partial charge on any atom is 0.0888 e. The second-order valence-corrected chi connectivity index (χ2v) is 4.69. The Bertz CT molecular complexity index is 268. The van der Waals surface area contributed by atoms with E-state index in [1.165, 1.54) is 4.88 Å². The number of aliphatic hydroxyl groups is 1. The van der Waals surface area contributed by atoms with Crippen molar-refractivity contribution in [2.24, 2.45) is 0 Å². The van der Waals surface area contributed by atoms with Crippen LogP contribution in [0, 0.1) is 6.92 Å². The Morgan fingerprint density at radius 3 is 2.77 bits per heavy atom. The molecule has 0 aliphatic rings. The number of hydrogen-bond donors (Lipinski definition) is 2. The molecular weight excluding hydrogens is 182 g/mol. The quantitative estimate of drug-likeness (QED) is 0.776. The molecule has 1 aromatic heterocycles. The summed E-state index contributed by atoms with van der Waals surface area (Å²) in [5.41, 5.74) is 0.346. The molecule has 0 aliphatic carbocycles. The lowest BCUT2D eigenvalue weighted by molar-refractivity contribution is 0.0489. The van der Waals surface area contributed by atoms with Gasteiger partial charge in [-0.25, -0.2) is 0 Å². The third-order valence-electron chi connectivity index (χ3n) is 2.21. The third kappa shape index (κ3) is 2.79. The first-order chi connectivity index (χ1) is 6.06. The van der Waals surface area contributed by atoms with Crippen molar-refractivity contribution in [2.75, 3.05) is 13.6 Å². The molecule has 13 heavy (non-hydrogen) atoms. The van der Waals surface area contributed by atoms with Crippen LogP contribution in [-0.2, 0) is 5.60 Å². The lowest BCUT2D eigenvalue weighted by Crippen LogP contribution is -2.25. The lowest BCUT2D eigenvalue weighted by atomic mass is 9.95. The van der Waals surface area contributed by atoms with Gasteiger partial charge < -0.3 is 10.4 Å². The third-order valence-corrected chi connectivity index (χ3v) is 3.08.